The van der Waals surface area contributed by atoms with Crippen molar-refractivity contribution < 1.29 is 65.6 Å². The zero-order chi connectivity index (χ0) is 2.00. The third-order valence-corrected chi connectivity index (χ3v) is 0. The molecule has 0 heterocycles. The molecule has 0 saturated heterocycles. The average molecular weight is 298 g/mol. The number of hydrogen-bond donors (Lipinski definition) is 0. The fourth-order valence-corrected chi connectivity index (χ4v) is 0. The monoisotopic (exact) mass is 297 g/mol. The molecule has 0 aliphatic rings. The van der Waals surface area contributed by atoms with Crippen molar-refractivity contribution in [1.29, 1.82) is 0 Å². The van der Waals surface area contributed by atoms with E-state index in [4.69, 9.17) is 3.80 Å². The molecule has 0 aromatic rings. The molecule has 0 aromatic heterocycles. The molecule has 19 valence electrons. The van der Waals surface area contributed by atoms with Crippen molar-refractivity contribution in [1.82, 2.24) is 0 Å². The van der Waals surface area contributed by atoms with Crippen LogP contribution >= 0.6 is 0 Å². The minimum Gasteiger partial charge on any atom is 0 e. The van der Waals surface area contributed by atoms with Gasteiger partial charge in [-0.1, -0.05) is 0 Å². The molecule has 0 aromatic carbocycles. The zero-order valence-electron chi connectivity index (χ0n) is 2.19. The van der Waals surface area contributed by atoms with Crippen LogP contribution in [0.15, 0.2) is 0 Å². The topological polar surface area (TPSA) is 17.1 Å². The van der Waals surface area contributed by atoms with Crippen LogP contribution in [0.25, 0.3) is 0 Å². The maximum absolute atomic E-state index is 8.28. The summed E-state index contributed by atoms with van der Waals surface area (Å²) in [6, 6.07) is 0. The molecule has 5 heavy (non-hydrogen) atoms. The van der Waals surface area contributed by atoms with Crippen molar-refractivity contribution in [2.75, 3.05) is 0 Å². The summed E-state index contributed by atoms with van der Waals surface area (Å²) in [6.07, 6.45) is 0. The van der Waals surface area contributed by atoms with Gasteiger partial charge in [0.15, 0.2) is 0 Å². The molecule has 0 fully saturated rings. The molecule has 0 unspecified atom stereocenters. The molecule has 0 spiro atoms. The first kappa shape index (κ1) is 23.7. The van der Waals surface area contributed by atoms with Gasteiger partial charge in [0.2, 0.25) is 0 Å². The Morgan fingerprint density at radius 2 is 1.20 bits per heavy atom. The van der Waals surface area contributed by atoms with Gasteiger partial charge in [0.05, 0.1) is 0 Å². The van der Waals surface area contributed by atoms with Gasteiger partial charge in [-0.3, -0.25) is 0 Å². The summed E-state index contributed by atoms with van der Waals surface area (Å²) >= 11 is 0.611. The van der Waals surface area contributed by atoms with E-state index in [2.05, 4.69) is 0 Å². The van der Waals surface area contributed by atoms with Crippen molar-refractivity contribution in [3.8, 4) is 0 Å². The number of hydrogen-bond acceptors (Lipinski definition) is 1. The second kappa shape index (κ2) is 26.2. The van der Waals surface area contributed by atoms with Crippen molar-refractivity contribution in [2.45, 2.75) is 0 Å². The standard InChI is InChI=1S/Al.La.Na.O.Zr.2H. The molecular formula is H2AlLaNaOZr. The Morgan fingerprint density at radius 1 is 1.20 bits per heavy atom. The Hall–Kier alpha value is 3.41. The smallest absolute Gasteiger partial charge is 0 e. The van der Waals surface area contributed by atoms with E-state index < -0.39 is 0 Å². The van der Waals surface area contributed by atoms with Gasteiger partial charge in [-0.25, -0.2) is 0 Å². The minimum atomic E-state index is 0. The maximum Gasteiger partial charge on any atom is 0 e. The van der Waals surface area contributed by atoms with E-state index in [1.807, 2.05) is 0 Å². The van der Waals surface area contributed by atoms with Gasteiger partial charge in [-0.2, -0.15) is 0 Å². The Bertz CT molecular complexity index is 11.6. The summed E-state index contributed by atoms with van der Waals surface area (Å²) in [5.74, 6) is 0. The van der Waals surface area contributed by atoms with Crippen LogP contribution in [-0.4, -0.2) is 45.8 Å². The Kier molecular flexibility index (Phi) is 124. The van der Waals surface area contributed by atoms with Crippen LogP contribution in [0, 0.1) is 35.6 Å². The summed E-state index contributed by atoms with van der Waals surface area (Å²) in [6.45, 7) is 0. The fourth-order valence-electron chi connectivity index (χ4n) is 0. The summed E-state index contributed by atoms with van der Waals surface area (Å²) in [4.78, 5) is 0. The molecule has 0 rings (SSSR count). The van der Waals surface area contributed by atoms with Gasteiger partial charge in [0.1, 0.15) is 0 Å². The molecule has 0 amide bonds. The molecule has 0 N–H and O–H groups in total. The van der Waals surface area contributed by atoms with Gasteiger partial charge in [0.25, 0.3) is 0 Å². The molecule has 5 heteroatoms. The number of rotatable bonds is 0. The average Bonchev–Trinajstić information content (AvgIpc) is 1.00. The van der Waals surface area contributed by atoms with Crippen LogP contribution < -0.4 is 0 Å². The molecule has 1 radical (unpaired) electrons. The van der Waals surface area contributed by atoms with Crippen LogP contribution in [0.1, 0.15) is 0 Å². The molecule has 0 aliphatic carbocycles. The molecule has 0 saturated carbocycles. The summed E-state index contributed by atoms with van der Waals surface area (Å²) in [5, 5.41) is 0. The van der Waals surface area contributed by atoms with Crippen LogP contribution in [-0.2, 0) is 30.0 Å². The van der Waals surface area contributed by atoms with Gasteiger partial charge < -0.3 is 0 Å². The second-order valence-electron chi connectivity index (χ2n) is 0. The molecule has 1 nitrogen and oxygen atoms in total. The predicted molar refractivity (Wildman–Crippen MR) is 15.0 cm³/mol. The van der Waals surface area contributed by atoms with E-state index in [1.54, 1.807) is 0 Å². The van der Waals surface area contributed by atoms with Gasteiger partial charge in [-0.15, -0.1) is 0 Å². The zero-order valence-corrected chi connectivity index (χ0v) is 9.69. The first-order valence-corrected chi connectivity index (χ1v) is 0.866. The summed E-state index contributed by atoms with van der Waals surface area (Å²) in [5.41, 5.74) is 0. The van der Waals surface area contributed by atoms with E-state index in [-0.39, 0.29) is 91.4 Å². The molecule has 0 bridgehead atoms. The third kappa shape index (κ3) is 18.7. The Balaban J connectivity index is -0.00000000167. The van der Waals surface area contributed by atoms with Gasteiger partial charge in [0, 0.05) is 61.8 Å². The summed E-state index contributed by atoms with van der Waals surface area (Å²) in [7, 11) is 0. The SMILES string of the molecule is [La].[NaH].[O]=[AlH].[Zr]. The first-order valence-electron chi connectivity index (χ1n) is 0.289. The fraction of sp³-hybridized carbons (Fsp3) is 0. The summed E-state index contributed by atoms with van der Waals surface area (Å²) < 4.78 is 8.28. The van der Waals surface area contributed by atoms with E-state index >= 15 is 0 Å². The van der Waals surface area contributed by atoms with Crippen LogP contribution in [0.4, 0.5) is 0 Å². The molecule has 0 atom stereocenters. The Morgan fingerprint density at radius 3 is 1.20 bits per heavy atom. The van der Waals surface area contributed by atoms with Crippen molar-refractivity contribution in [2.24, 2.45) is 0 Å². The van der Waals surface area contributed by atoms with Crippen LogP contribution in [0.3, 0.4) is 0 Å². The largest absolute Gasteiger partial charge is 0 e. The van der Waals surface area contributed by atoms with Crippen molar-refractivity contribution in [3.05, 3.63) is 0 Å². The van der Waals surface area contributed by atoms with E-state index in [0.717, 1.165) is 0 Å². The van der Waals surface area contributed by atoms with E-state index in [1.165, 1.54) is 0 Å². The quantitative estimate of drug-likeness (QED) is 0.502. The van der Waals surface area contributed by atoms with Gasteiger partial charge in [-0.05, 0) is 0 Å². The van der Waals surface area contributed by atoms with Gasteiger partial charge >= 0.3 is 49.6 Å². The second-order valence-corrected chi connectivity index (χ2v) is 0. The first-order chi connectivity index (χ1) is 1.00. The van der Waals surface area contributed by atoms with Crippen molar-refractivity contribution >= 4 is 45.8 Å². The molecule has 0 aliphatic heterocycles. The minimum absolute atomic E-state index is 0. The predicted octanol–water partition coefficient (Wildman–Crippen LogP) is -1.42. The molecular weight excluding hydrogens is 296 g/mol. The van der Waals surface area contributed by atoms with E-state index in [9.17, 15) is 0 Å². The normalized spacial score (nSPS) is 0.600. The van der Waals surface area contributed by atoms with Crippen LogP contribution in [0.2, 0.25) is 0 Å². The maximum atomic E-state index is 8.28. The Labute approximate surface area is 109 Å². The van der Waals surface area contributed by atoms with E-state index in [0.29, 0.717) is 16.2 Å². The van der Waals surface area contributed by atoms with Crippen molar-refractivity contribution in [3.63, 3.8) is 0 Å². The third-order valence-electron chi connectivity index (χ3n) is 0. The van der Waals surface area contributed by atoms with Crippen LogP contribution in [0.5, 0.6) is 0 Å².